The Hall–Kier alpha value is -3.51. The van der Waals surface area contributed by atoms with Crippen LogP contribution in [0.4, 0.5) is 22.8 Å². The van der Waals surface area contributed by atoms with Crippen LogP contribution >= 0.6 is 23.4 Å². The number of thioether (sulfide) groups is 1. The van der Waals surface area contributed by atoms with E-state index in [-0.39, 0.29) is 40.2 Å². The number of nitrogens with one attached hydrogen (secondary N) is 1. The second-order valence-electron chi connectivity index (χ2n) is 12.1. The van der Waals surface area contributed by atoms with Crippen molar-refractivity contribution >= 4 is 57.6 Å². The van der Waals surface area contributed by atoms with Crippen molar-refractivity contribution < 1.29 is 32.3 Å². The van der Waals surface area contributed by atoms with Crippen molar-refractivity contribution in [2.75, 3.05) is 6.54 Å². The quantitative estimate of drug-likeness (QED) is 0.273. The first-order chi connectivity index (χ1) is 20.7. The minimum Gasteiger partial charge on any atom is -0.444 e. The van der Waals surface area contributed by atoms with Crippen LogP contribution in [0, 0.1) is 5.92 Å². The van der Waals surface area contributed by atoms with Crippen LogP contribution < -0.4 is 5.32 Å². The van der Waals surface area contributed by atoms with Gasteiger partial charge in [0.15, 0.2) is 0 Å². The first-order valence-electron chi connectivity index (χ1n) is 14.2. The van der Waals surface area contributed by atoms with Crippen molar-refractivity contribution in [1.29, 1.82) is 0 Å². The third kappa shape index (κ3) is 7.58. The highest BCUT2D eigenvalue weighted by atomic mass is 35.5. The normalized spacial score (nSPS) is 20.5. The van der Waals surface area contributed by atoms with Crippen LogP contribution in [-0.4, -0.2) is 50.1 Å². The molecule has 234 valence electrons. The van der Waals surface area contributed by atoms with E-state index < -0.39 is 23.4 Å². The van der Waals surface area contributed by atoms with Crippen molar-refractivity contribution in [2.45, 2.75) is 70.8 Å². The Kier molecular flexibility index (Phi) is 9.04. The van der Waals surface area contributed by atoms with Crippen molar-refractivity contribution in [2.24, 2.45) is 5.92 Å². The summed E-state index contributed by atoms with van der Waals surface area (Å²) in [5.74, 6) is -0.215. The molecule has 3 amide bonds. The van der Waals surface area contributed by atoms with Gasteiger partial charge in [-0.25, -0.2) is 4.79 Å². The molecular formula is C31H32ClF3N4O4S. The minimum atomic E-state index is -4.56. The fraction of sp³-hybridized carbons (Fsp3) is 0.419. The van der Waals surface area contributed by atoms with Gasteiger partial charge in [0.2, 0.25) is 0 Å². The van der Waals surface area contributed by atoms with E-state index in [0.29, 0.717) is 27.9 Å². The molecule has 1 aromatic heterocycles. The maximum absolute atomic E-state index is 13.6. The van der Waals surface area contributed by atoms with E-state index in [4.69, 9.17) is 16.3 Å². The van der Waals surface area contributed by atoms with Crippen molar-refractivity contribution in [3.8, 4) is 0 Å². The zero-order chi connectivity index (χ0) is 31.8. The predicted molar refractivity (Wildman–Crippen MR) is 163 cm³/mol. The van der Waals surface area contributed by atoms with Gasteiger partial charge in [-0.2, -0.15) is 18.3 Å². The topological polar surface area (TPSA) is 93.5 Å². The van der Waals surface area contributed by atoms with E-state index in [1.165, 1.54) is 21.7 Å². The third-order valence-electron chi connectivity index (χ3n) is 7.54. The van der Waals surface area contributed by atoms with Crippen LogP contribution in [0.25, 0.3) is 17.0 Å². The average molecular weight is 649 g/mol. The second-order valence-corrected chi connectivity index (χ2v) is 13.5. The van der Waals surface area contributed by atoms with Gasteiger partial charge < -0.3 is 10.1 Å². The lowest BCUT2D eigenvalue weighted by Crippen LogP contribution is -2.42. The molecule has 3 aromatic rings. The Balaban J connectivity index is 1.22. The highest BCUT2D eigenvalue weighted by Crippen LogP contribution is 2.36. The molecule has 0 atom stereocenters. The van der Waals surface area contributed by atoms with Gasteiger partial charge in [0.05, 0.1) is 28.7 Å². The molecule has 44 heavy (non-hydrogen) atoms. The molecule has 1 N–H and O–H groups in total. The molecule has 2 fully saturated rings. The number of aromatic nitrogens is 2. The Labute approximate surface area is 261 Å². The summed E-state index contributed by atoms with van der Waals surface area (Å²) in [6, 6.07) is 8.90. The van der Waals surface area contributed by atoms with Crippen LogP contribution in [0.15, 0.2) is 47.5 Å². The zero-order valence-corrected chi connectivity index (χ0v) is 26.0. The number of ether oxygens (including phenoxy) is 1. The number of benzene rings is 2. The Morgan fingerprint density at radius 1 is 1.11 bits per heavy atom. The fourth-order valence-corrected chi connectivity index (χ4v) is 6.48. The molecule has 1 saturated heterocycles. The molecule has 0 unspecified atom stereocenters. The van der Waals surface area contributed by atoms with Crippen LogP contribution in [0.1, 0.15) is 63.1 Å². The number of carbonyl (C=O) groups excluding carboxylic acids is 3. The lowest BCUT2D eigenvalue weighted by Gasteiger charge is -2.31. The summed E-state index contributed by atoms with van der Waals surface area (Å²) in [6.45, 7) is 5.64. The second kappa shape index (κ2) is 12.5. The molecule has 0 spiro atoms. The molecule has 2 aliphatic rings. The monoisotopic (exact) mass is 648 g/mol. The van der Waals surface area contributed by atoms with Gasteiger partial charge >= 0.3 is 12.3 Å². The lowest BCUT2D eigenvalue weighted by atomic mass is 9.86. The summed E-state index contributed by atoms with van der Waals surface area (Å²) in [4.78, 5) is 39.6. The minimum absolute atomic E-state index is 0.000396. The Morgan fingerprint density at radius 3 is 2.52 bits per heavy atom. The third-order valence-corrected chi connectivity index (χ3v) is 8.69. The van der Waals surface area contributed by atoms with Gasteiger partial charge in [-0.05, 0) is 106 Å². The largest absolute Gasteiger partial charge is 0.444 e. The van der Waals surface area contributed by atoms with Crippen LogP contribution in [0.5, 0.6) is 0 Å². The summed E-state index contributed by atoms with van der Waals surface area (Å²) in [7, 11) is 0. The molecule has 1 saturated carbocycles. The van der Waals surface area contributed by atoms with Gasteiger partial charge in [0.25, 0.3) is 11.1 Å². The molecule has 2 heterocycles. The lowest BCUT2D eigenvalue weighted by molar-refractivity contribution is -0.138. The maximum Gasteiger partial charge on any atom is 0.416 e. The first kappa shape index (κ1) is 31.9. The summed E-state index contributed by atoms with van der Waals surface area (Å²) in [5, 5.41) is 7.53. The molecule has 0 bridgehead atoms. The van der Waals surface area contributed by atoms with Gasteiger partial charge in [0.1, 0.15) is 5.60 Å². The standard InChI is InChI=1S/C31H32ClF3N4O4S/c1-30(2,3)43-28(41)37-23-9-4-18(5-10-23)16-38-27(40)26(44-29(38)42)13-19-6-11-25-21(12-19)15-36-39(25)17-20-7-8-22(32)14-24(20)31(33,34)35/h6-8,11-15,18,23H,4-5,9-10,16-17H2,1-3H3,(H,37,41). The smallest absolute Gasteiger partial charge is 0.416 e. The number of amides is 3. The van der Waals surface area contributed by atoms with Gasteiger partial charge in [-0.3, -0.25) is 19.2 Å². The van der Waals surface area contributed by atoms with Crippen molar-refractivity contribution in [3.63, 3.8) is 0 Å². The molecule has 1 aliphatic heterocycles. The Bertz CT molecular complexity index is 1620. The van der Waals surface area contributed by atoms with Gasteiger partial charge in [-0.1, -0.05) is 23.7 Å². The average Bonchev–Trinajstić information content (AvgIpc) is 3.44. The van der Waals surface area contributed by atoms with E-state index in [0.717, 1.165) is 43.5 Å². The van der Waals surface area contributed by atoms with Crippen LogP contribution in [0.3, 0.4) is 0 Å². The van der Waals surface area contributed by atoms with Crippen molar-refractivity contribution in [3.05, 3.63) is 69.2 Å². The summed E-state index contributed by atoms with van der Waals surface area (Å²) in [6.07, 6.45) is 1.19. The predicted octanol–water partition coefficient (Wildman–Crippen LogP) is 7.88. The summed E-state index contributed by atoms with van der Waals surface area (Å²) >= 11 is 6.69. The van der Waals surface area contributed by atoms with Gasteiger partial charge in [-0.15, -0.1) is 0 Å². The first-order valence-corrected chi connectivity index (χ1v) is 15.4. The number of alkyl carbamates (subject to hydrolysis) is 1. The summed E-state index contributed by atoms with van der Waals surface area (Å²) in [5.41, 5.74) is -0.0610. The van der Waals surface area contributed by atoms with Crippen LogP contribution in [0.2, 0.25) is 5.02 Å². The highest BCUT2D eigenvalue weighted by Gasteiger charge is 2.37. The van der Waals surface area contributed by atoms with Gasteiger partial charge in [0, 0.05) is 23.0 Å². The van der Waals surface area contributed by atoms with Crippen LogP contribution in [-0.2, 0) is 22.3 Å². The number of alkyl halides is 3. The molecule has 1 aliphatic carbocycles. The van der Waals surface area contributed by atoms with Crippen molar-refractivity contribution in [1.82, 2.24) is 20.0 Å². The van der Waals surface area contributed by atoms with E-state index in [1.807, 2.05) is 20.8 Å². The molecule has 5 rings (SSSR count). The maximum atomic E-state index is 13.6. The van der Waals surface area contributed by atoms with E-state index >= 15 is 0 Å². The number of fused-ring (bicyclic) bond motifs is 1. The number of carbonyl (C=O) groups is 3. The number of hydrogen-bond acceptors (Lipinski definition) is 6. The zero-order valence-electron chi connectivity index (χ0n) is 24.4. The van der Waals surface area contributed by atoms with E-state index in [1.54, 1.807) is 30.5 Å². The Morgan fingerprint density at radius 2 is 1.84 bits per heavy atom. The van der Waals surface area contributed by atoms with E-state index in [2.05, 4.69) is 10.4 Å². The number of hydrogen-bond donors (Lipinski definition) is 1. The summed E-state index contributed by atoms with van der Waals surface area (Å²) < 4.78 is 47.5. The molecule has 2 aromatic carbocycles. The number of nitrogens with zero attached hydrogens (tertiary/aromatic N) is 3. The molecule has 8 nitrogen and oxygen atoms in total. The molecule has 13 heteroatoms. The highest BCUT2D eigenvalue weighted by molar-refractivity contribution is 8.18. The molecule has 0 radical (unpaired) electrons. The molecular weight excluding hydrogens is 617 g/mol. The number of rotatable bonds is 6. The number of halogens is 4. The van der Waals surface area contributed by atoms with E-state index in [9.17, 15) is 27.6 Å². The fourth-order valence-electron chi connectivity index (χ4n) is 5.46. The SMILES string of the molecule is CC(C)(C)OC(=O)NC1CCC(CN2C(=O)SC(=Cc3ccc4c(cnn4Cc4ccc(Cl)cc4C(F)(F)F)c3)C2=O)CC1. The number of imide groups is 1.